The number of ether oxygens (including phenoxy) is 1. The summed E-state index contributed by atoms with van der Waals surface area (Å²) in [6.45, 7) is 10.5. The summed E-state index contributed by atoms with van der Waals surface area (Å²) in [5.74, 6) is -1.32. The fourth-order valence-electron chi connectivity index (χ4n) is 5.19. The summed E-state index contributed by atoms with van der Waals surface area (Å²) in [5.41, 5.74) is 1.77. The molecule has 3 aromatic rings. The fraction of sp³-hybridized carbons (Fsp3) is 0.424. The lowest BCUT2D eigenvalue weighted by Gasteiger charge is -2.48. The standard InChI is InChI=1S/C33H41F2NO8SSi/c1-33(2,3)46(4,5)44-30(22-7-9-23(34)10-8-22)18-17-28-31(36(32(28)38)25-13-11-24(35)12-14-25)27-16-15-26(21-29(27)37)42-19-6-20-43-45(39,40)41/h7-16,21,28,30-31,37H,6,17-20H2,1-5H3,(H,39,40,41)/t28-,30+,31-/m1/s1. The molecular formula is C33H41F2NO8SSi. The van der Waals surface area contributed by atoms with Crippen molar-refractivity contribution in [2.24, 2.45) is 5.92 Å². The van der Waals surface area contributed by atoms with Gasteiger partial charge in [-0.15, -0.1) is 0 Å². The van der Waals surface area contributed by atoms with E-state index in [0.717, 1.165) is 5.56 Å². The van der Waals surface area contributed by atoms with Crippen LogP contribution in [0.2, 0.25) is 18.1 Å². The number of hydrogen-bond donors (Lipinski definition) is 2. The molecule has 1 saturated heterocycles. The van der Waals surface area contributed by atoms with E-state index < -0.39 is 36.5 Å². The molecular weight excluding hydrogens is 637 g/mol. The van der Waals surface area contributed by atoms with Gasteiger partial charge in [0.2, 0.25) is 5.91 Å². The van der Waals surface area contributed by atoms with Gasteiger partial charge in [-0.25, -0.2) is 13.0 Å². The first-order valence-electron chi connectivity index (χ1n) is 15.1. The fourth-order valence-corrected chi connectivity index (χ4v) is 6.83. The molecule has 1 aliphatic heterocycles. The predicted molar refractivity (Wildman–Crippen MR) is 172 cm³/mol. The summed E-state index contributed by atoms with van der Waals surface area (Å²) in [4.78, 5) is 15.2. The van der Waals surface area contributed by atoms with Gasteiger partial charge >= 0.3 is 10.4 Å². The van der Waals surface area contributed by atoms with Gasteiger partial charge in [0.25, 0.3) is 0 Å². The van der Waals surface area contributed by atoms with E-state index in [0.29, 0.717) is 29.8 Å². The molecule has 0 bridgehead atoms. The van der Waals surface area contributed by atoms with E-state index in [4.69, 9.17) is 13.7 Å². The van der Waals surface area contributed by atoms with Crippen LogP contribution < -0.4 is 9.64 Å². The van der Waals surface area contributed by atoms with Crippen LogP contribution in [0.15, 0.2) is 66.7 Å². The minimum absolute atomic E-state index is 0.0551. The Bertz CT molecular complexity index is 1610. The number of phenols is 1. The van der Waals surface area contributed by atoms with Gasteiger partial charge < -0.3 is 19.2 Å². The van der Waals surface area contributed by atoms with Gasteiger partial charge in [0.15, 0.2) is 8.32 Å². The van der Waals surface area contributed by atoms with Crippen molar-refractivity contribution in [3.8, 4) is 11.5 Å². The first-order valence-corrected chi connectivity index (χ1v) is 19.3. The topological polar surface area (TPSA) is 123 Å². The second-order valence-electron chi connectivity index (χ2n) is 12.9. The molecule has 2 N–H and O–H groups in total. The van der Waals surface area contributed by atoms with Crippen LogP contribution in [0.3, 0.4) is 0 Å². The Morgan fingerprint density at radius 2 is 1.57 bits per heavy atom. The second kappa shape index (κ2) is 14.2. The predicted octanol–water partition coefficient (Wildman–Crippen LogP) is 7.51. The molecule has 1 heterocycles. The Hall–Kier alpha value is -3.36. The average molecular weight is 678 g/mol. The van der Waals surface area contributed by atoms with Gasteiger partial charge in [-0.1, -0.05) is 32.9 Å². The van der Waals surface area contributed by atoms with Crippen molar-refractivity contribution in [3.63, 3.8) is 0 Å². The molecule has 1 amide bonds. The molecule has 0 spiro atoms. The van der Waals surface area contributed by atoms with E-state index in [2.05, 4.69) is 38.0 Å². The molecule has 0 aromatic heterocycles. The smallest absolute Gasteiger partial charge is 0.397 e. The first kappa shape index (κ1) is 35.5. The van der Waals surface area contributed by atoms with Gasteiger partial charge in [-0.05, 0) is 85.1 Å². The lowest BCUT2D eigenvalue weighted by Crippen LogP contribution is -2.55. The van der Waals surface area contributed by atoms with Crippen molar-refractivity contribution in [1.82, 2.24) is 0 Å². The van der Waals surface area contributed by atoms with Crippen molar-refractivity contribution in [2.45, 2.75) is 70.3 Å². The zero-order valence-corrected chi connectivity index (χ0v) is 28.4. The molecule has 3 atom stereocenters. The molecule has 1 aliphatic rings. The summed E-state index contributed by atoms with van der Waals surface area (Å²) < 4.78 is 74.3. The van der Waals surface area contributed by atoms with E-state index >= 15 is 0 Å². The summed E-state index contributed by atoms with van der Waals surface area (Å²) in [7, 11) is -6.81. The number of anilines is 1. The maximum atomic E-state index is 13.8. The molecule has 4 rings (SSSR count). The highest BCUT2D eigenvalue weighted by molar-refractivity contribution is 7.80. The third-order valence-corrected chi connectivity index (χ3v) is 13.6. The zero-order chi connectivity index (χ0) is 33.9. The highest BCUT2D eigenvalue weighted by Crippen LogP contribution is 2.50. The molecule has 1 fully saturated rings. The number of carbonyl (C=O) groups excluding carboxylic acids is 1. The van der Waals surface area contributed by atoms with Crippen LogP contribution in [-0.2, 0) is 23.8 Å². The van der Waals surface area contributed by atoms with E-state index in [9.17, 15) is 27.1 Å². The van der Waals surface area contributed by atoms with E-state index in [1.54, 1.807) is 24.3 Å². The average Bonchev–Trinajstić information content (AvgIpc) is 2.96. The highest BCUT2D eigenvalue weighted by Gasteiger charge is 2.50. The number of rotatable bonds is 14. The number of β-lactam (4-membered cyclic amide) rings is 1. The molecule has 0 radical (unpaired) electrons. The van der Waals surface area contributed by atoms with Gasteiger partial charge in [0.1, 0.15) is 23.1 Å². The molecule has 3 aromatic carbocycles. The molecule has 250 valence electrons. The number of benzene rings is 3. The maximum absolute atomic E-state index is 13.8. The van der Waals surface area contributed by atoms with Gasteiger partial charge in [-0.3, -0.25) is 9.35 Å². The first-order chi connectivity index (χ1) is 21.5. The van der Waals surface area contributed by atoms with Crippen molar-refractivity contribution in [3.05, 3.63) is 89.5 Å². The summed E-state index contributed by atoms with van der Waals surface area (Å²) in [6, 6.07) is 15.9. The van der Waals surface area contributed by atoms with Crippen LogP contribution >= 0.6 is 0 Å². The minimum Gasteiger partial charge on any atom is -0.507 e. The van der Waals surface area contributed by atoms with Crippen LogP contribution in [0.4, 0.5) is 14.5 Å². The molecule has 13 heteroatoms. The quantitative estimate of drug-likeness (QED) is 0.0778. The van der Waals surface area contributed by atoms with E-state index in [1.165, 1.54) is 47.4 Å². The van der Waals surface area contributed by atoms with E-state index in [1.807, 2.05) is 0 Å². The number of phenolic OH excluding ortho intramolecular Hbond substituents is 1. The Kier molecular flexibility index (Phi) is 10.9. The van der Waals surface area contributed by atoms with E-state index in [-0.39, 0.29) is 48.3 Å². The number of amides is 1. The number of aromatic hydroxyl groups is 1. The largest absolute Gasteiger partial charge is 0.507 e. The lowest BCUT2D eigenvalue weighted by molar-refractivity contribution is -0.131. The van der Waals surface area contributed by atoms with Crippen LogP contribution in [0, 0.1) is 17.6 Å². The van der Waals surface area contributed by atoms with Gasteiger partial charge in [-0.2, -0.15) is 8.42 Å². The Morgan fingerprint density at radius 1 is 0.957 bits per heavy atom. The van der Waals surface area contributed by atoms with Crippen molar-refractivity contribution in [1.29, 1.82) is 0 Å². The van der Waals surface area contributed by atoms with Crippen molar-refractivity contribution in [2.75, 3.05) is 18.1 Å². The molecule has 9 nitrogen and oxygen atoms in total. The third kappa shape index (κ3) is 8.71. The normalized spacial score (nSPS) is 17.9. The van der Waals surface area contributed by atoms with Gasteiger partial charge in [0, 0.05) is 23.7 Å². The molecule has 0 aliphatic carbocycles. The maximum Gasteiger partial charge on any atom is 0.397 e. The summed E-state index contributed by atoms with van der Waals surface area (Å²) in [5, 5.41) is 11.0. The Balaban J connectivity index is 1.58. The highest BCUT2D eigenvalue weighted by atomic mass is 32.3. The third-order valence-electron chi connectivity index (χ3n) is 8.65. The SMILES string of the molecule is CC(C)(C)[Si](C)(C)O[C@@H](CC[C@H]1C(=O)N(c2ccc(F)cc2)[C@@H]1c1ccc(OCCCOS(=O)(=O)O)cc1O)c1ccc(F)cc1. The summed E-state index contributed by atoms with van der Waals surface area (Å²) in [6.07, 6.45) is 0.648. The number of nitrogens with zero attached hydrogens (tertiary/aromatic N) is 1. The van der Waals surface area contributed by atoms with Crippen molar-refractivity contribution < 1.29 is 45.0 Å². The van der Waals surface area contributed by atoms with Crippen LogP contribution in [-0.4, -0.2) is 45.5 Å². The van der Waals surface area contributed by atoms with Crippen molar-refractivity contribution >= 4 is 30.3 Å². The second-order valence-corrected chi connectivity index (χ2v) is 18.8. The zero-order valence-electron chi connectivity index (χ0n) is 26.6. The number of hydrogen-bond acceptors (Lipinski definition) is 7. The molecule has 46 heavy (non-hydrogen) atoms. The summed E-state index contributed by atoms with van der Waals surface area (Å²) >= 11 is 0. The van der Waals surface area contributed by atoms with Crippen LogP contribution in [0.1, 0.15) is 63.3 Å². The molecule has 0 saturated carbocycles. The number of carbonyl (C=O) groups is 1. The van der Waals surface area contributed by atoms with Crippen LogP contribution in [0.5, 0.6) is 11.5 Å². The monoisotopic (exact) mass is 677 g/mol. The Labute approximate surface area is 270 Å². The molecule has 0 unspecified atom stereocenters. The van der Waals surface area contributed by atoms with Crippen LogP contribution in [0.25, 0.3) is 0 Å². The lowest BCUT2D eigenvalue weighted by atomic mass is 9.78. The number of halogens is 2. The minimum atomic E-state index is -4.54. The van der Waals surface area contributed by atoms with Gasteiger partial charge in [0.05, 0.1) is 31.3 Å². The Morgan fingerprint density at radius 3 is 2.13 bits per heavy atom.